The first-order valence-corrected chi connectivity index (χ1v) is 7.20. The molecule has 0 unspecified atom stereocenters. The second kappa shape index (κ2) is 9.82. The second-order valence-electron chi connectivity index (χ2n) is 5.05. The Labute approximate surface area is 142 Å². The van der Waals surface area contributed by atoms with Crippen LogP contribution in [0.25, 0.3) is 0 Å². The molecule has 0 saturated carbocycles. The number of aromatic nitrogens is 1. The maximum atomic E-state index is 12.5. The third kappa shape index (κ3) is 6.26. The average molecular weight is 336 g/mol. The Bertz CT molecular complexity index is 591. The predicted octanol–water partition coefficient (Wildman–Crippen LogP) is 2.30. The van der Waals surface area contributed by atoms with Crippen molar-refractivity contribution in [2.75, 3.05) is 26.0 Å². The summed E-state index contributed by atoms with van der Waals surface area (Å²) in [7, 11) is 1.63. The van der Waals surface area contributed by atoms with E-state index in [1.54, 1.807) is 30.3 Å². The van der Waals surface area contributed by atoms with Gasteiger partial charge in [-0.1, -0.05) is 30.3 Å². The first-order chi connectivity index (χ1) is 10.7. The van der Waals surface area contributed by atoms with Gasteiger partial charge in [-0.15, -0.1) is 12.4 Å². The van der Waals surface area contributed by atoms with Crippen LogP contribution in [-0.4, -0.2) is 36.1 Å². The Morgan fingerprint density at radius 1 is 1.22 bits per heavy atom. The summed E-state index contributed by atoms with van der Waals surface area (Å²) in [6.45, 7) is 1.63. The van der Waals surface area contributed by atoms with Crippen molar-refractivity contribution >= 4 is 24.0 Å². The van der Waals surface area contributed by atoms with Gasteiger partial charge in [0.15, 0.2) is 0 Å². The summed E-state index contributed by atoms with van der Waals surface area (Å²) in [5.74, 6) is 0.0261. The molecule has 1 amide bonds. The molecule has 0 aliphatic rings. The number of methoxy groups -OCH3 is 1. The molecule has 2 rings (SSSR count). The number of rotatable bonds is 7. The number of carbonyl (C=O) groups is 1. The number of amides is 1. The van der Waals surface area contributed by atoms with Gasteiger partial charge in [-0.3, -0.25) is 9.78 Å². The fourth-order valence-electron chi connectivity index (χ4n) is 2.10. The van der Waals surface area contributed by atoms with Gasteiger partial charge in [0, 0.05) is 25.9 Å². The smallest absolute Gasteiger partial charge is 0.228 e. The number of hydrogen-bond donors (Lipinski definition) is 1. The molecule has 6 heteroatoms. The van der Waals surface area contributed by atoms with Crippen molar-refractivity contribution in [2.24, 2.45) is 0 Å². The van der Waals surface area contributed by atoms with Crippen LogP contribution in [0.4, 0.5) is 5.69 Å². The molecule has 0 aliphatic heterocycles. The molecule has 0 spiro atoms. The van der Waals surface area contributed by atoms with Crippen LogP contribution in [0.3, 0.4) is 0 Å². The normalized spacial score (nSPS) is 9.96. The summed E-state index contributed by atoms with van der Waals surface area (Å²) >= 11 is 0. The van der Waals surface area contributed by atoms with Crippen LogP contribution in [0.15, 0.2) is 48.7 Å². The molecule has 124 valence electrons. The van der Waals surface area contributed by atoms with E-state index in [4.69, 9.17) is 10.5 Å². The van der Waals surface area contributed by atoms with Gasteiger partial charge in [0.2, 0.25) is 5.91 Å². The summed E-state index contributed by atoms with van der Waals surface area (Å²) in [5, 5.41) is 0. The lowest BCUT2D eigenvalue weighted by molar-refractivity contribution is -0.131. The van der Waals surface area contributed by atoms with Gasteiger partial charge >= 0.3 is 0 Å². The van der Waals surface area contributed by atoms with Crippen LogP contribution in [0.5, 0.6) is 0 Å². The SMILES string of the molecule is COCCN(Cc1ccccc1)C(=O)Cc1ccc(N)cn1.Cl. The zero-order chi connectivity index (χ0) is 15.8. The second-order valence-corrected chi connectivity index (χ2v) is 5.05. The van der Waals surface area contributed by atoms with Crippen LogP contribution in [-0.2, 0) is 22.5 Å². The standard InChI is InChI=1S/C17H21N3O2.ClH/c1-22-10-9-20(13-14-5-3-2-4-6-14)17(21)11-16-8-7-15(18)12-19-16;/h2-8,12H,9-11,13,18H2,1H3;1H. The van der Waals surface area contributed by atoms with E-state index in [-0.39, 0.29) is 24.7 Å². The largest absolute Gasteiger partial charge is 0.397 e. The van der Waals surface area contributed by atoms with Crippen LogP contribution < -0.4 is 5.73 Å². The highest BCUT2D eigenvalue weighted by Crippen LogP contribution is 2.08. The van der Waals surface area contributed by atoms with Gasteiger partial charge in [-0.2, -0.15) is 0 Å². The summed E-state index contributed by atoms with van der Waals surface area (Å²) in [5.41, 5.74) is 8.02. The number of benzene rings is 1. The van der Waals surface area contributed by atoms with Crippen molar-refractivity contribution in [3.63, 3.8) is 0 Å². The molecule has 1 aromatic heterocycles. The minimum absolute atomic E-state index is 0. The Morgan fingerprint density at radius 3 is 2.57 bits per heavy atom. The van der Waals surface area contributed by atoms with Crippen molar-refractivity contribution in [1.82, 2.24) is 9.88 Å². The lowest BCUT2D eigenvalue weighted by Gasteiger charge is -2.22. The Kier molecular flexibility index (Phi) is 8.08. The number of ether oxygens (including phenoxy) is 1. The number of nitrogen functional groups attached to an aromatic ring is 1. The molecule has 1 heterocycles. The molecule has 0 radical (unpaired) electrons. The number of nitrogens with two attached hydrogens (primary N) is 1. The van der Waals surface area contributed by atoms with E-state index in [1.165, 1.54) is 0 Å². The Balaban J connectivity index is 0.00000264. The molecule has 5 nitrogen and oxygen atoms in total. The summed E-state index contributed by atoms with van der Waals surface area (Å²) in [4.78, 5) is 18.5. The monoisotopic (exact) mass is 335 g/mol. The topological polar surface area (TPSA) is 68.5 Å². The lowest BCUT2D eigenvalue weighted by Crippen LogP contribution is -2.34. The number of nitrogens with zero attached hydrogens (tertiary/aromatic N) is 2. The Hall–Kier alpha value is -2.11. The summed E-state index contributed by atoms with van der Waals surface area (Å²) in [6, 6.07) is 13.5. The third-order valence-electron chi connectivity index (χ3n) is 3.31. The van der Waals surface area contributed by atoms with E-state index in [1.807, 2.05) is 30.3 Å². The van der Waals surface area contributed by atoms with Crippen molar-refractivity contribution < 1.29 is 9.53 Å². The van der Waals surface area contributed by atoms with Crippen molar-refractivity contribution in [1.29, 1.82) is 0 Å². The van der Waals surface area contributed by atoms with E-state index >= 15 is 0 Å². The van der Waals surface area contributed by atoms with E-state index < -0.39 is 0 Å². The van der Waals surface area contributed by atoms with Gasteiger partial charge < -0.3 is 15.4 Å². The summed E-state index contributed by atoms with van der Waals surface area (Å²) < 4.78 is 5.10. The molecule has 0 aliphatic carbocycles. The average Bonchev–Trinajstić information content (AvgIpc) is 2.54. The molecule has 0 saturated heterocycles. The lowest BCUT2D eigenvalue weighted by atomic mass is 10.2. The van der Waals surface area contributed by atoms with Gasteiger partial charge in [0.05, 0.1) is 24.9 Å². The highest BCUT2D eigenvalue weighted by Gasteiger charge is 2.15. The zero-order valence-corrected chi connectivity index (χ0v) is 14.0. The highest BCUT2D eigenvalue weighted by molar-refractivity contribution is 5.85. The molecular weight excluding hydrogens is 314 g/mol. The van der Waals surface area contributed by atoms with Crippen LogP contribution >= 0.6 is 12.4 Å². The fraction of sp³-hybridized carbons (Fsp3) is 0.294. The number of anilines is 1. The van der Waals surface area contributed by atoms with Gasteiger partial charge in [0.25, 0.3) is 0 Å². The molecule has 0 atom stereocenters. The van der Waals surface area contributed by atoms with Gasteiger partial charge in [-0.25, -0.2) is 0 Å². The summed E-state index contributed by atoms with van der Waals surface area (Å²) in [6.07, 6.45) is 1.83. The molecule has 0 bridgehead atoms. The van der Waals surface area contributed by atoms with Crippen LogP contribution in [0.2, 0.25) is 0 Å². The fourth-order valence-corrected chi connectivity index (χ4v) is 2.10. The Morgan fingerprint density at radius 2 is 1.96 bits per heavy atom. The van der Waals surface area contributed by atoms with E-state index in [0.29, 0.717) is 25.4 Å². The van der Waals surface area contributed by atoms with E-state index in [9.17, 15) is 4.79 Å². The predicted molar refractivity (Wildman–Crippen MR) is 93.3 cm³/mol. The number of carbonyl (C=O) groups excluding carboxylic acids is 1. The minimum Gasteiger partial charge on any atom is -0.397 e. The maximum Gasteiger partial charge on any atom is 0.228 e. The molecular formula is C17H22ClN3O2. The molecule has 0 fully saturated rings. The molecule has 1 aromatic carbocycles. The molecule has 23 heavy (non-hydrogen) atoms. The maximum absolute atomic E-state index is 12.5. The van der Waals surface area contributed by atoms with E-state index in [2.05, 4.69) is 4.98 Å². The van der Waals surface area contributed by atoms with Crippen molar-refractivity contribution in [3.05, 3.63) is 59.9 Å². The van der Waals surface area contributed by atoms with E-state index in [0.717, 1.165) is 11.3 Å². The molecule has 2 N–H and O–H groups in total. The van der Waals surface area contributed by atoms with Crippen LogP contribution in [0.1, 0.15) is 11.3 Å². The van der Waals surface area contributed by atoms with Crippen molar-refractivity contribution in [2.45, 2.75) is 13.0 Å². The zero-order valence-electron chi connectivity index (χ0n) is 13.1. The number of hydrogen-bond acceptors (Lipinski definition) is 4. The van der Waals surface area contributed by atoms with Gasteiger partial charge in [0.1, 0.15) is 0 Å². The van der Waals surface area contributed by atoms with Gasteiger partial charge in [-0.05, 0) is 17.7 Å². The quantitative estimate of drug-likeness (QED) is 0.843. The highest BCUT2D eigenvalue weighted by atomic mass is 35.5. The molecule has 2 aromatic rings. The van der Waals surface area contributed by atoms with Crippen LogP contribution in [0, 0.1) is 0 Å². The first-order valence-electron chi connectivity index (χ1n) is 7.20. The number of halogens is 1. The number of pyridine rings is 1. The third-order valence-corrected chi connectivity index (χ3v) is 3.31. The minimum atomic E-state index is 0. The van der Waals surface area contributed by atoms with Crippen molar-refractivity contribution in [3.8, 4) is 0 Å². The first kappa shape index (κ1) is 18.9.